The zero-order chi connectivity index (χ0) is 14.5. The van der Waals surface area contributed by atoms with Crippen LogP contribution in [0.4, 0.5) is 5.69 Å². The molecule has 0 amide bonds. The molecule has 108 valence electrons. The highest BCUT2D eigenvalue weighted by Crippen LogP contribution is 2.21. The van der Waals surface area contributed by atoms with E-state index in [2.05, 4.69) is 5.32 Å². The minimum atomic E-state index is -3.16. The van der Waals surface area contributed by atoms with Gasteiger partial charge >= 0.3 is 0 Å². The van der Waals surface area contributed by atoms with Gasteiger partial charge in [0.25, 0.3) is 0 Å². The molecule has 1 rings (SSSR count). The predicted molar refractivity (Wildman–Crippen MR) is 82.3 cm³/mol. The second-order valence-corrected chi connectivity index (χ2v) is 7.44. The highest BCUT2D eigenvalue weighted by molar-refractivity contribution is 7.91. The second-order valence-electron chi connectivity index (χ2n) is 4.80. The number of alkyl halides is 2. The molecular formula is C13H19Cl2NO2S. The molecule has 0 atom stereocenters. The van der Waals surface area contributed by atoms with Crippen molar-refractivity contribution in [1.29, 1.82) is 0 Å². The Balaban J connectivity index is 2.89. The summed E-state index contributed by atoms with van der Waals surface area (Å²) in [5.41, 5.74) is 0.395. The van der Waals surface area contributed by atoms with Crippen LogP contribution in [0.2, 0.25) is 0 Å². The van der Waals surface area contributed by atoms with Gasteiger partial charge in [0.1, 0.15) is 0 Å². The molecule has 1 N–H and O–H groups in total. The van der Waals surface area contributed by atoms with Crippen LogP contribution in [0.25, 0.3) is 0 Å². The Hall–Kier alpha value is -0.450. The number of nitrogens with one attached hydrogen (secondary N) is 1. The minimum Gasteiger partial charge on any atom is -0.377 e. The number of benzene rings is 1. The molecule has 3 nitrogen and oxygen atoms in total. The molecule has 19 heavy (non-hydrogen) atoms. The third kappa shape index (κ3) is 4.55. The standard InChI is InChI=1S/C13H19Cl2NO2S/c1-3-8-19(17,18)12-6-4-11(5-7-12)16-13(2,9-14)10-15/h4-7,16H,3,8-10H2,1-2H3. The predicted octanol–water partition coefficient (Wildman–Crippen LogP) is 3.52. The van der Waals surface area contributed by atoms with E-state index >= 15 is 0 Å². The summed E-state index contributed by atoms with van der Waals surface area (Å²) in [7, 11) is -3.16. The van der Waals surface area contributed by atoms with Crippen molar-refractivity contribution >= 4 is 38.7 Å². The SMILES string of the molecule is CCCS(=O)(=O)c1ccc(NC(C)(CCl)CCl)cc1. The quantitative estimate of drug-likeness (QED) is 0.781. The van der Waals surface area contributed by atoms with Crippen molar-refractivity contribution in [2.24, 2.45) is 0 Å². The lowest BCUT2D eigenvalue weighted by molar-refractivity contribution is 0.594. The number of hydrogen-bond donors (Lipinski definition) is 1. The van der Waals surface area contributed by atoms with Crippen molar-refractivity contribution in [3.8, 4) is 0 Å². The van der Waals surface area contributed by atoms with E-state index in [1.165, 1.54) is 0 Å². The van der Waals surface area contributed by atoms with Crippen LogP contribution < -0.4 is 5.32 Å². The summed E-state index contributed by atoms with van der Waals surface area (Å²) in [4.78, 5) is 0.346. The number of anilines is 1. The van der Waals surface area contributed by atoms with Gasteiger partial charge in [-0.2, -0.15) is 0 Å². The molecule has 0 heterocycles. The summed E-state index contributed by atoms with van der Waals surface area (Å²) in [5, 5.41) is 3.21. The monoisotopic (exact) mass is 323 g/mol. The van der Waals surface area contributed by atoms with E-state index in [4.69, 9.17) is 23.2 Å². The second kappa shape index (κ2) is 6.82. The fraction of sp³-hybridized carbons (Fsp3) is 0.538. The first-order chi connectivity index (χ1) is 8.87. The van der Waals surface area contributed by atoms with Gasteiger partial charge in [-0.3, -0.25) is 0 Å². The number of rotatable bonds is 7. The van der Waals surface area contributed by atoms with Gasteiger partial charge in [-0.25, -0.2) is 8.42 Å². The molecule has 0 radical (unpaired) electrons. The third-order valence-electron chi connectivity index (χ3n) is 2.72. The number of sulfone groups is 1. The molecule has 0 aliphatic carbocycles. The molecule has 0 fully saturated rings. The summed E-state index contributed by atoms with van der Waals surface area (Å²) in [6.45, 7) is 3.76. The molecule has 0 spiro atoms. The smallest absolute Gasteiger partial charge is 0.178 e. The van der Waals surface area contributed by atoms with E-state index in [0.717, 1.165) is 5.69 Å². The Bertz CT molecular complexity index is 496. The summed E-state index contributed by atoms with van der Waals surface area (Å²) >= 11 is 11.7. The Morgan fingerprint density at radius 3 is 2.11 bits per heavy atom. The molecule has 0 saturated carbocycles. The van der Waals surface area contributed by atoms with Gasteiger partial charge in [-0.1, -0.05) is 6.92 Å². The highest BCUT2D eigenvalue weighted by Gasteiger charge is 2.21. The first-order valence-electron chi connectivity index (χ1n) is 6.10. The Labute approximate surface area is 125 Å². The van der Waals surface area contributed by atoms with Crippen LogP contribution in [0, 0.1) is 0 Å². The van der Waals surface area contributed by atoms with Crippen molar-refractivity contribution in [3.05, 3.63) is 24.3 Å². The average Bonchev–Trinajstić information content (AvgIpc) is 2.39. The number of hydrogen-bond acceptors (Lipinski definition) is 3. The van der Waals surface area contributed by atoms with Crippen LogP contribution >= 0.6 is 23.2 Å². The molecule has 6 heteroatoms. The van der Waals surface area contributed by atoms with E-state index in [1.807, 2.05) is 13.8 Å². The summed E-state index contributed by atoms with van der Waals surface area (Å²) in [6.07, 6.45) is 0.610. The lowest BCUT2D eigenvalue weighted by atomic mass is 10.1. The van der Waals surface area contributed by atoms with Gasteiger partial charge in [0, 0.05) is 17.4 Å². The summed E-state index contributed by atoms with van der Waals surface area (Å²) < 4.78 is 23.8. The Morgan fingerprint density at radius 1 is 1.16 bits per heavy atom. The maximum absolute atomic E-state index is 11.9. The lowest BCUT2D eigenvalue weighted by Crippen LogP contribution is -2.38. The minimum absolute atomic E-state index is 0.168. The molecule has 0 aliphatic heterocycles. The fourth-order valence-corrected chi connectivity index (χ4v) is 3.33. The molecule has 1 aromatic carbocycles. The van der Waals surface area contributed by atoms with Crippen LogP contribution in [0.1, 0.15) is 20.3 Å². The van der Waals surface area contributed by atoms with E-state index in [9.17, 15) is 8.42 Å². The van der Waals surface area contributed by atoms with Gasteiger partial charge in [-0.15, -0.1) is 23.2 Å². The molecule has 0 aliphatic rings. The normalized spacial score (nSPS) is 12.4. The lowest BCUT2D eigenvalue weighted by Gasteiger charge is -2.27. The molecule has 0 unspecified atom stereocenters. The van der Waals surface area contributed by atoms with Crippen LogP contribution in [0.3, 0.4) is 0 Å². The molecule has 0 saturated heterocycles. The number of halogens is 2. The molecule has 0 aromatic heterocycles. The molecule has 1 aromatic rings. The van der Waals surface area contributed by atoms with E-state index in [-0.39, 0.29) is 5.75 Å². The van der Waals surface area contributed by atoms with E-state index in [0.29, 0.717) is 23.1 Å². The molecule has 0 bridgehead atoms. The zero-order valence-electron chi connectivity index (χ0n) is 11.1. The van der Waals surface area contributed by atoms with E-state index < -0.39 is 15.4 Å². The van der Waals surface area contributed by atoms with Gasteiger partial charge in [0.05, 0.1) is 16.2 Å². The van der Waals surface area contributed by atoms with Crippen LogP contribution in [0.15, 0.2) is 29.2 Å². The topological polar surface area (TPSA) is 46.2 Å². The first kappa shape index (κ1) is 16.6. The van der Waals surface area contributed by atoms with Crippen LogP contribution in [-0.4, -0.2) is 31.5 Å². The van der Waals surface area contributed by atoms with Gasteiger partial charge < -0.3 is 5.32 Å². The average molecular weight is 324 g/mol. The third-order valence-corrected chi connectivity index (χ3v) is 5.84. The maximum atomic E-state index is 11.9. The van der Waals surface area contributed by atoms with Crippen molar-refractivity contribution in [1.82, 2.24) is 0 Å². The molecular weight excluding hydrogens is 305 g/mol. The highest BCUT2D eigenvalue weighted by atomic mass is 35.5. The first-order valence-corrected chi connectivity index (χ1v) is 8.82. The van der Waals surface area contributed by atoms with Crippen LogP contribution in [-0.2, 0) is 9.84 Å². The van der Waals surface area contributed by atoms with Crippen molar-refractivity contribution in [2.45, 2.75) is 30.7 Å². The Kier molecular flexibility index (Phi) is 5.96. The van der Waals surface area contributed by atoms with Crippen molar-refractivity contribution in [2.75, 3.05) is 22.8 Å². The Morgan fingerprint density at radius 2 is 1.68 bits per heavy atom. The fourth-order valence-electron chi connectivity index (χ4n) is 1.58. The van der Waals surface area contributed by atoms with Crippen LogP contribution in [0.5, 0.6) is 0 Å². The largest absolute Gasteiger partial charge is 0.377 e. The zero-order valence-corrected chi connectivity index (χ0v) is 13.4. The van der Waals surface area contributed by atoms with Gasteiger partial charge in [0.2, 0.25) is 0 Å². The summed E-state index contributed by atoms with van der Waals surface area (Å²) in [5.74, 6) is 0.902. The van der Waals surface area contributed by atoms with Gasteiger partial charge in [-0.05, 0) is 37.6 Å². The summed E-state index contributed by atoms with van der Waals surface area (Å²) in [6, 6.07) is 6.69. The van der Waals surface area contributed by atoms with E-state index in [1.54, 1.807) is 24.3 Å². The van der Waals surface area contributed by atoms with Crippen molar-refractivity contribution in [3.63, 3.8) is 0 Å². The van der Waals surface area contributed by atoms with Gasteiger partial charge in [0.15, 0.2) is 9.84 Å². The van der Waals surface area contributed by atoms with Crippen molar-refractivity contribution < 1.29 is 8.42 Å². The maximum Gasteiger partial charge on any atom is 0.178 e.